The van der Waals surface area contributed by atoms with Gasteiger partial charge in [-0.2, -0.15) is 5.10 Å². The molecule has 0 aliphatic carbocycles. The quantitative estimate of drug-likeness (QED) is 0.534. The second kappa shape index (κ2) is 6.92. The third-order valence-electron chi connectivity index (χ3n) is 3.67. The molecule has 0 aliphatic heterocycles. The van der Waals surface area contributed by atoms with Gasteiger partial charge in [0.15, 0.2) is 0 Å². The maximum Gasteiger partial charge on any atom is 0.288 e. The minimum atomic E-state index is -0.229. The van der Waals surface area contributed by atoms with Crippen LogP contribution in [0.4, 0.5) is 0 Å². The average molecular weight is 305 g/mol. The van der Waals surface area contributed by atoms with Crippen LogP contribution in [0.1, 0.15) is 30.3 Å². The molecular formula is C19H19N3O. The van der Waals surface area contributed by atoms with Gasteiger partial charge in [0.05, 0.1) is 0 Å². The lowest BCUT2D eigenvalue weighted by atomic mass is 10.0. The summed E-state index contributed by atoms with van der Waals surface area (Å²) >= 11 is 0. The van der Waals surface area contributed by atoms with Crippen molar-refractivity contribution in [2.75, 3.05) is 0 Å². The third kappa shape index (κ3) is 3.16. The van der Waals surface area contributed by atoms with Crippen LogP contribution in [0.5, 0.6) is 0 Å². The number of aromatic amines is 1. The molecule has 0 aliphatic rings. The number of nitrogens with zero attached hydrogens (tertiary/aromatic N) is 1. The van der Waals surface area contributed by atoms with Crippen molar-refractivity contribution in [3.63, 3.8) is 0 Å². The van der Waals surface area contributed by atoms with Gasteiger partial charge < -0.3 is 4.98 Å². The van der Waals surface area contributed by atoms with E-state index in [9.17, 15) is 4.79 Å². The molecule has 0 atom stereocenters. The van der Waals surface area contributed by atoms with E-state index in [4.69, 9.17) is 0 Å². The molecule has 1 amide bonds. The van der Waals surface area contributed by atoms with Crippen LogP contribution in [0.3, 0.4) is 0 Å². The topological polar surface area (TPSA) is 57.2 Å². The monoisotopic (exact) mass is 305 g/mol. The smallest absolute Gasteiger partial charge is 0.288 e. The summed E-state index contributed by atoms with van der Waals surface area (Å²) in [6.45, 7) is 2.07. The number of hydrazone groups is 1. The van der Waals surface area contributed by atoms with Crippen molar-refractivity contribution in [2.24, 2.45) is 5.10 Å². The number of hydrogen-bond donors (Lipinski definition) is 2. The van der Waals surface area contributed by atoms with Gasteiger partial charge >= 0.3 is 0 Å². The predicted molar refractivity (Wildman–Crippen MR) is 94.6 cm³/mol. The van der Waals surface area contributed by atoms with E-state index in [-0.39, 0.29) is 5.91 Å². The summed E-state index contributed by atoms with van der Waals surface area (Å²) in [4.78, 5) is 15.7. The number of aromatic nitrogens is 1. The molecule has 23 heavy (non-hydrogen) atoms. The second-order valence-corrected chi connectivity index (χ2v) is 5.33. The first kappa shape index (κ1) is 15.0. The minimum Gasteiger partial charge on any atom is -0.350 e. The molecule has 2 aromatic carbocycles. The van der Waals surface area contributed by atoms with Crippen molar-refractivity contribution in [3.05, 3.63) is 60.3 Å². The zero-order chi connectivity index (χ0) is 16.1. The Kier molecular flexibility index (Phi) is 4.52. The zero-order valence-corrected chi connectivity index (χ0v) is 13.0. The van der Waals surface area contributed by atoms with E-state index in [2.05, 4.69) is 22.4 Å². The van der Waals surface area contributed by atoms with Gasteiger partial charge in [-0.25, -0.2) is 5.43 Å². The van der Waals surface area contributed by atoms with Crippen molar-refractivity contribution in [1.29, 1.82) is 0 Å². The Morgan fingerprint density at radius 1 is 1.13 bits per heavy atom. The number of fused-ring (bicyclic) bond motifs is 1. The van der Waals surface area contributed by atoms with Crippen molar-refractivity contribution in [3.8, 4) is 11.1 Å². The SMILES string of the molecule is CCC/C=N\NC(=O)c1[nH]c2ccccc2c1-c1ccccc1. The summed E-state index contributed by atoms with van der Waals surface area (Å²) in [5.74, 6) is -0.229. The second-order valence-electron chi connectivity index (χ2n) is 5.33. The van der Waals surface area contributed by atoms with Gasteiger partial charge in [0.1, 0.15) is 5.69 Å². The van der Waals surface area contributed by atoms with Crippen LogP contribution >= 0.6 is 0 Å². The first-order chi connectivity index (χ1) is 11.3. The number of amides is 1. The van der Waals surface area contributed by atoms with E-state index in [0.717, 1.165) is 34.9 Å². The van der Waals surface area contributed by atoms with Crippen LogP contribution < -0.4 is 5.43 Å². The molecule has 116 valence electrons. The maximum atomic E-state index is 12.5. The third-order valence-corrected chi connectivity index (χ3v) is 3.67. The lowest BCUT2D eigenvalue weighted by Crippen LogP contribution is -2.18. The number of hydrogen-bond acceptors (Lipinski definition) is 2. The lowest BCUT2D eigenvalue weighted by Gasteiger charge is -2.04. The van der Waals surface area contributed by atoms with Gasteiger partial charge in [0.25, 0.3) is 5.91 Å². The van der Waals surface area contributed by atoms with Gasteiger partial charge in [0, 0.05) is 22.7 Å². The summed E-state index contributed by atoms with van der Waals surface area (Å²) in [5.41, 5.74) is 5.99. The van der Waals surface area contributed by atoms with Gasteiger partial charge in [-0.3, -0.25) is 4.79 Å². The molecule has 4 heteroatoms. The number of unbranched alkanes of at least 4 members (excludes halogenated alkanes) is 1. The van der Waals surface area contributed by atoms with E-state index >= 15 is 0 Å². The van der Waals surface area contributed by atoms with Crippen LogP contribution in [0.15, 0.2) is 59.7 Å². The highest BCUT2D eigenvalue weighted by atomic mass is 16.2. The van der Waals surface area contributed by atoms with Crippen LogP contribution in [0.25, 0.3) is 22.0 Å². The standard InChI is InChI=1S/C19H19N3O/c1-2-3-13-20-22-19(23)18-17(14-9-5-4-6-10-14)15-11-7-8-12-16(15)21-18/h4-13,21H,2-3H2,1H3,(H,22,23)/b20-13-. The van der Waals surface area contributed by atoms with Crippen molar-refractivity contribution in [1.82, 2.24) is 10.4 Å². The van der Waals surface area contributed by atoms with E-state index < -0.39 is 0 Å². The summed E-state index contributed by atoms with van der Waals surface area (Å²) in [7, 11) is 0. The van der Waals surface area contributed by atoms with Crippen molar-refractivity contribution < 1.29 is 4.79 Å². The van der Waals surface area contributed by atoms with E-state index in [1.807, 2.05) is 54.6 Å². The molecule has 0 saturated carbocycles. The minimum absolute atomic E-state index is 0.229. The number of rotatable bonds is 5. The van der Waals surface area contributed by atoms with Gasteiger partial charge in [-0.1, -0.05) is 61.9 Å². The van der Waals surface area contributed by atoms with Gasteiger partial charge in [-0.15, -0.1) is 0 Å². The predicted octanol–water partition coefficient (Wildman–Crippen LogP) is 4.35. The van der Waals surface area contributed by atoms with E-state index in [1.165, 1.54) is 0 Å². The molecule has 1 heterocycles. The molecule has 1 aromatic heterocycles. The van der Waals surface area contributed by atoms with Crippen LogP contribution in [-0.2, 0) is 0 Å². The Bertz CT molecular complexity index is 834. The van der Waals surface area contributed by atoms with Crippen LogP contribution in [-0.4, -0.2) is 17.1 Å². The number of benzene rings is 2. The highest BCUT2D eigenvalue weighted by Crippen LogP contribution is 2.32. The highest BCUT2D eigenvalue weighted by molar-refractivity contribution is 6.09. The molecule has 0 saturated heterocycles. The van der Waals surface area contributed by atoms with E-state index in [0.29, 0.717) is 5.69 Å². The van der Waals surface area contributed by atoms with Crippen LogP contribution in [0.2, 0.25) is 0 Å². The fraction of sp³-hybridized carbons (Fsp3) is 0.158. The van der Waals surface area contributed by atoms with Gasteiger partial charge in [0.2, 0.25) is 0 Å². The van der Waals surface area contributed by atoms with E-state index in [1.54, 1.807) is 6.21 Å². The Morgan fingerprint density at radius 3 is 2.65 bits per heavy atom. The Balaban J connectivity index is 2.04. The molecule has 0 unspecified atom stereocenters. The largest absolute Gasteiger partial charge is 0.350 e. The summed E-state index contributed by atoms with van der Waals surface area (Å²) in [6, 6.07) is 17.8. The molecule has 0 fully saturated rings. The molecule has 2 N–H and O–H groups in total. The molecular weight excluding hydrogens is 286 g/mol. The molecule has 4 nitrogen and oxygen atoms in total. The lowest BCUT2D eigenvalue weighted by molar-refractivity contribution is 0.0951. The highest BCUT2D eigenvalue weighted by Gasteiger charge is 2.18. The van der Waals surface area contributed by atoms with Gasteiger partial charge in [-0.05, 0) is 18.1 Å². The Labute approximate surface area is 135 Å². The van der Waals surface area contributed by atoms with Crippen molar-refractivity contribution >= 4 is 23.0 Å². The zero-order valence-electron chi connectivity index (χ0n) is 13.0. The number of nitrogens with one attached hydrogen (secondary N) is 2. The van der Waals surface area contributed by atoms with Crippen molar-refractivity contribution in [2.45, 2.75) is 19.8 Å². The Morgan fingerprint density at radius 2 is 1.87 bits per heavy atom. The number of carbonyl (C=O) groups is 1. The first-order valence-corrected chi connectivity index (χ1v) is 7.79. The summed E-state index contributed by atoms with van der Waals surface area (Å²) in [6.07, 6.45) is 3.57. The fourth-order valence-electron chi connectivity index (χ4n) is 2.57. The molecule has 0 radical (unpaired) electrons. The first-order valence-electron chi connectivity index (χ1n) is 7.79. The maximum absolute atomic E-state index is 12.5. The molecule has 0 spiro atoms. The molecule has 3 aromatic rings. The Hall–Kier alpha value is -2.88. The molecule has 0 bridgehead atoms. The molecule has 3 rings (SSSR count). The number of carbonyl (C=O) groups excluding carboxylic acids is 1. The van der Waals surface area contributed by atoms with Crippen LogP contribution in [0, 0.1) is 0 Å². The average Bonchev–Trinajstić information content (AvgIpc) is 2.99. The fourth-order valence-corrected chi connectivity index (χ4v) is 2.57. The number of para-hydroxylation sites is 1. The summed E-state index contributed by atoms with van der Waals surface area (Å²) < 4.78 is 0. The summed E-state index contributed by atoms with van der Waals surface area (Å²) in [5, 5.41) is 5.03. The normalized spacial score (nSPS) is 11.2. The number of H-pyrrole nitrogens is 1.